The molecule has 1 aromatic heterocycles. The fourth-order valence-corrected chi connectivity index (χ4v) is 4.30. The van der Waals surface area contributed by atoms with Gasteiger partial charge in [-0.05, 0) is 48.9 Å². The average molecular weight is 578 g/mol. The van der Waals surface area contributed by atoms with Crippen LogP contribution in [0.5, 0.6) is 0 Å². The van der Waals surface area contributed by atoms with E-state index in [4.69, 9.17) is 16.3 Å². The molecule has 1 amide bonds. The minimum absolute atomic E-state index is 0.0162. The fraction of sp³-hybridized carbons (Fsp3) is 0.250. The number of non-ortho nitro benzene ring substituents is 1. The summed E-state index contributed by atoms with van der Waals surface area (Å²) in [6, 6.07) is 5.11. The molecule has 2 heterocycles. The van der Waals surface area contributed by atoms with Crippen LogP contribution in [0.2, 0.25) is 5.15 Å². The molecule has 0 N–H and O–H groups in total. The van der Waals surface area contributed by atoms with Crippen molar-refractivity contribution in [1.29, 1.82) is 0 Å². The van der Waals surface area contributed by atoms with Crippen molar-refractivity contribution < 1.29 is 45.2 Å². The predicted octanol–water partition coefficient (Wildman–Crippen LogP) is 7.57. The van der Waals surface area contributed by atoms with Crippen LogP contribution in [0.25, 0.3) is 11.1 Å². The molecule has 1 fully saturated rings. The second-order valence-corrected chi connectivity index (χ2v) is 8.95. The summed E-state index contributed by atoms with van der Waals surface area (Å²) in [7, 11) is 0. The highest BCUT2D eigenvalue weighted by Crippen LogP contribution is 2.41. The number of alkyl halides is 6. The Kier molecular flexibility index (Phi) is 7.19. The molecule has 1 aliphatic heterocycles. The highest BCUT2D eigenvalue weighted by atomic mass is 35.5. The van der Waals surface area contributed by atoms with Gasteiger partial charge in [0, 0.05) is 23.3 Å². The number of rotatable bonds is 5. The number of nitrogens with zero attached hydrogens (tertiary/aromatic N) is 3. The molecule has 0 aliphatic carbocycles. The molecule has 0 radical (unpaired) electrons. The summed E-state index contributed by atoms with van der Waals surface area (Å²) in [5, 5.41) is 11.1. The molecule has 0 spiro atoms. The normalized spacial score (nSPS) is 17.9. The number of nitro groups is 1. The number of cyclic esters (lactones) is 1. The van der Waals surface area contributed by atoms with Gasteiger partial charge in [0.05, 0.1) is 34.3 Å². The lowest BCUT2D eigenvalue weighted by atomic mass is 9.97. The molecule has 0 unspecified atom stereocenters. The van der Waals surface area contributed by atoms with Crippen LogP contribution in [-0.2, 0) is 23.6 Å². The molecule has 1 aliphatic rings. The van der Waals surface area contributed by atoms with Crippen LogP contribution in [-0.4, -0.2) is 26.9 Å². The lowest BCUT2D eigenvalue weighted by molar-refractivity contribution is -0.384. The number of hydrogen-bond acceptors (Lipinski definition) is 5. The first-order chi connectivity index (χ1) is 18.1. The van der Waals surface area contributed by atoms with Crippen LogP contribution in [0, 0.1) is 15.9 Å². The Morgan fingerprint density at radius 1 is 1.00 bits per heavy atom. The minimum Gasteiger partial charge on any atom is -0.439 e. The van der Waals surface area contributed by atoms with Crippen molar-refractivity contribution in [2.24, 2.45) is 0 Å². The number of amides is 1. The van der Waals surface area contributed by atoms with E-state index in [1.54, 1.807) is 0 Å². The van der Waals surface area contributed by atoms with Crippen LogP contribution in [0.1, 0.15) is 35.4 Å². The SMILES string of the molecule is C[C@H]1[C@@H](c2cc(C(F)(F)F)cc(C(F)(F)F)c2)OC(=O)N1Cc1nc(Cl)ccc1-c1cc([N+](=O)[O-])ccc1F. The van der Waals surface area contributed by atoms with Crippen molar-refractivity contribution >= 4 is 23.4 Å². The fourth-order valence-electron chi connectivity index (χ4n) is 4.14. The average Bonchev–Trinajstić information content (AvgIpc) is 3.11. The van der Waals surface area contributed by atoms with Crippen LogP contribution in [0.3, 0.4) is 0 Å². The number of nitro benzene ring substituents is 1. The van der Waals surface area contributed by atoms with Gasteiger partial charge in [0.25, 0.3) is 5.69 Å². The third kappa shape index (κ3) is 5.75. The summed E-state index contributed by atoms with van der Waals surface area (Å²) in [4.78, 5) is 28.2. The lowest BCUT2D eigenvalue weighted by Gasteiger charge is -2.23. The quantitative estimate of drug-likeness (QED) is 0.135. The molecule has 2 atom stereocenters. The van der Waals surface area contributed by atoms with Crippen molar-refractivity contribution in [3.63, 3.8) is 0 Å². The topological polar surface area (TPSA) is 85.6 Å². The molecule has 39 heavy (non-hydrogen) atoms. The van der Waals surface area contributed by atoms with E-state index in [0.29, 0.717) is 12.1 Å². The van der Waals surface area contributed by atoms with Crippen molar-refractivity contribution in [3.05, 3.63) is 92.0 Å². The Morgan fingerprint density at radius 3 is 2.18 bits per heavy atom. The maximum atomic E-state index is 14.6. The van der Waals surface area contributed by atoms with E-state index in [9.17, 15) is 45.6 Å². The molecule has 15 heteroatoms. The zero-order valence-corrected chi connectivity index (χ0v) is 20.2. The van der Waals surface area contributed by atoms with E-state index in [1.165, 1.54) is 19.1 Å². The van der Waals surface area contributed by atoms with Crippen molar-refractivity contribution in [3.8, 4) is 11.1 Å². The molecule has 4 rings (SSSR count). The Labute approximate surface area is 219 Å². The molecule has 0 bridgehead atoms. The Hall–Kier alpha value is -3.94. The molecule has 7 nitrogen and oxygen atoms in total. The van der Waals surface area contributed by atoms with E-state index >= 15 is 0 Å². The van der Waals surface area contributed by atoms with Gasteiger partial charge < -0.3 is 4.74 Å². The first-order valence-electron chi connectivity index (χ1n) is 10.9. The zero-order chi connectivity index (χ0) is 28.9. The number of carbonyl (C=O) groups is 1. The largest absolute Gasteiger partial charge is 0.439 e. The van der Waals surface area contributed by atoms with Gasteiger partial charge in [0.1, 0.15) is 17.1 Å². The summed E-state index contributed by atoms with van der Waals surface area (Å²) < 4.78 is 99.8. The monoisotopic (exact) mass is 577 g/mol. The second kappa shape index (κ2) is 9.98. The van der Waals surface area contributed by atoms with Crippen LogP contribution < -0.4 is 0 Å². The highest BCUT2D eigenvalue weighted by molar-refractivity contribution is 6.29. The van der Waals surface area contributed by atoms with Crippen molar-refractivity contribution in [2.75, 3.05) is 0 Å². The lowest BCUT2D eigenvalue weighted by Crippen LogP contribution is -2.32. The smallest absolute Gasteiger partial charge is 0.416 e. The van der Waals surface area contributed by atoms with Crippen LogP contribution in [0.15, 0.2) is 48.5 Å². The number of aromatic nitrogens is 1. The summed E-state index contributed by atoms with van der Waals surface area (Å²) in [5.41, 5.74) is -4.40. The van der Waals surface area contributed by atoms with Gasteiger partial charge in [-0.25, -0.2) is 14.2 Å². The first kappa shape index (κ1) is 28.1. The number of pyridine rings is 1. The van der Waals surface area contributed by atoms with Gasteiger partial charge >= 0.3 is 18.4 Å². The highest BCUT2D eigenvalue weighted by Gasteiger charge is 2.43. The van der Waals surface area contributed by atoms with Gasteiger partial charge in [0.15, 0.2) is 0 Å². The van der Waals surface area contributed by atoms with Gasteiger partial charge in [-0.3, -0.25) is 15.0 Å². The maximum Gasteiger partial charge on any atom is 0.416 e. The number of ether oxygens (including phenoxy) is 1. The number of benzene rings is 2. The van der Waals surface area contributed by atoms with Gasteiger partial charge in [-0.2, -0.15) is 26.3 Å². The third-order valence-corrected chi connectivity index (χ3v) is 6.25. The van der Waals surface area contributed by atoms with Gasteiger partial charge in [-0.1, -0.05) is 11.6 Å². The molecule has 1 saturated heterocycles. The summed E-state index contributed by atoms with van der Waals surface area (Å²) in [5.74, 6) is -0.857. The predicted molar refractivity (Wildman–Crippen MR) is 122 cm³/mol. The Bertz CT molecular complexity index is 1430. The summed E-state index contributed by atoms with van der Waals surface area (Å²) in [6.45, 7) is 0.876. The van der Waals surface area contributed by atoms with E-state index < -0.39 is 70.3 Å². The van der Waals surface area contributed by atoms with Crippen molar-refractivity contribution in [1.82, 2.24) is 9.88 Å². The van der Waals surface area contributed by atoms with E-state index in [0.717, 1.165) is 23.1 Å². The van der Waals surface area contributed by atoms with E-state index in [1.807, 2.05) is 0 Å². The maximum absolute atomic E-state index is 14.6. The summed E-state index contributed by atoms with van der Waals surface area (Å²) >= 11 is 5.97. The summed E-state index contributed by atoms with van der Waals surface area (Å²) in [6.07, 6.45) is -12.8. The molecular weight excluding hydrogens is 563 g/mol. The standard InChI is InChI=1S/C24H15ClF7N3O4/c1-11-21(12-6-13(23(27,28)29)8-14(7-12)24(30,31)32)39-22(36)34(11)10-19-16(3-5-20(25)33-19)17-9-15(35(37)38)2-4-18(17)26/h2-9,11,21H,10H2,1H3/t11-,21-/m0/s1. The number of halogens is 8. The van der Waals surface area contributed by atoms with Crippen LogP contribution >= 0.6 is 11.6 Å². The first-order valence-corrected chi connectivity index (χ1v) is 11.3. The molecular formula is C24H15ClF7N3O4. The molecule has 0 saturated carbocycles. The van der Waals surface area contributed by atoms with Crippen LogP contribution in [0.4, 0.5) is 41.2 Å². The van der Waals surface area contributed by atoms with Crippen molar-refractivity contribution in [2.45, 2.75) is 38.0 Å². The zero-order valence-electron chi connectivity index (χ0n) is 19.5. The molecule has 2 aromatic carbocycles. The molecule has 3 aromatic rings. The third-order valence-electron chi connectivity index (χ3n) is 6.04. The number of hydrogen-bond donors (Lipinski definition) is 0. The minimum atomic E-state index is -5.11. The Balaban J connectivity index is 1.73. The Morgan fingerprint density at radius 2 is 1.62 bits per heavy atom. The van der Waals surface area contributed by atoms with E-state index in [-0.39, 0.29) is 28.0 Å². The molecule has 206 valence electrons. The number of carbonyl (C=O) groups excluding carboxylic acids is 1. The van der Waals surface area contributed by atoms with E-state index in [2.05, 4.69) is 4.98 Å². The van der Waals surface area contributed by atoms with Gasteiger partial charge in [0.2, 0.25) is 0 Å². The van der Waals surface area contributed by atoms with Gasteiger partial charge in [-0.15, -0.1) is 0 Å². The second-order valence-electron chi connectivity index (χ2n) is 8.56.